The van der Waals surface area contributed by atoms with Gasteiger partial charge in [0.15, 0.2) is 0 Å². The molecule has 0 fully saturated rings. The van der Waals surface area contributed by atoms with Gasteiger partial charge in [-0.3, -0.25) is 9.11 Å². The quantitative estimate of drug-likeness (QED) is 0.515. The Hall–Kier alpha value is 0.110. The smallest absolute Gasteiger partial charge is 0.284 e. The molecule has 0 aromatic rings. The largest absolute Gasteiger partial charge is 0.284 e. The Labute approximate surface area is 75.0 Å². The summed E-state index contributed by atoms with van der Waals surface area (Å²) < 4.78 is 55.7. The maximum Gasteiger partial charge on any atom is 0.284 e. The van der Waals surface area contributed by atoms with Gasteiger partial charge in [-0.15, -0.1) is 11.6 Å². The highest BCUT2D eigenvalue weighted by atomic mass is 35.5. The van der Waals surface area contributed by atoms with E-state index in [1.54, 1.807) is 0 Å². The Morgan fingerprint density at radius 2 is 1.42 bits per heavy atom. The average Bonchev–Trinajstić information content (AvgIpc) is 1.77. The molecule has 0 aliphatic rings. The first-order valence-electron chi connectivity index (χ1n) is 2.68. The third-order valence-corrected chi connectivity index (χ3v) is 4.49. The van der Waals surface area contributed by atoms with Gasteiger partial charge in [0.05, 0.1) is 0 Å². The fraction of sp³-hybridized carbons (Fsp3) is 1.00. The van der Waals surface area contributed by atoms with E-state index < -0.39 is 31.2 Å². The van der Waals surface area contributed by atoms with Gasteiger partial charge in [0.2, 0.25) is 4.58 Å². The van der Waals surface area contributed by atoms with Crippen LogP contribution in [0.1, 0.15) is 6.42 Å². The molecule has 0 spiro atoms. The van der Waals surface area contributed by atoms with Crippen molar-refractivity contribution >= 4 is 31.8 Å². The van der Waals surface area contributed by atoms with Gasteiger partial charge in [0, 0.05) is 5.88 Å². The molecule has 0 saturated heterocycles. The van der Waals surface area contributed by atoms with Crippen LogP contribution in [0.3, 0.4) is 0 Å². The van der Waals surface area contributed by atoms with Crippen LogP contribution in [0.5, 0.6) is 0 Å². The summed E-state index contributed by atoms with van der Waals surface area (Å²) in [5.41, 5.74) is 0. The summed E-state index contributed by atoms with van der Waals surface area (Å²) >= 11 is 5.06. The maximum absolute atomic E-state index is 10.3. The molecule has 0 unspecified atom stereocenters. The van der Waals surface area contributed by atoms with Gasteiger partial charge in [-0.1, -0.05) is 0 Å². The van der Waals surface area contributed by atoms with E-state index in [2.05, 4.69) is 0 Å². The standard InChI is InChI=1S/C3H7ClO6S2/c4-2-1-3(11(5,6)7)12(8,9)10/h3H,1-2H2,(H,5,6,7)(H,8,9,10). The van der Waals surface area contributed by atoms with E-state index in [1.807, 2.05) is 0 Å². The monoisotopic (exact) mass is 238 g/mol. The highest BCUT2D eigenvalue weighted by molar-refractivity contribution is 8.03. The molecule has 0 amide bonds. The predicted molar refractivity (Wildman–Crippen MR) is 42.2 cm³/mol. The summed E-state index contributed by atoms with van der Waals surface area (Å²) in [5.74, 6) is -0.301. The molecule has 74 valence electrons. The van der Waals surface area contributed by atoms with Crippen LogP contribution in [0.2, 0.25) is 0 Å². The molecule has 0 atom stereocenters. The lowest BCUT2D eigenvalue weighted by Crippen LogP contribution is -2.29. The third-order valence-electron chi connectivity index (χ3n) is 1.01. The molecular weight excluding hydrogens is 232 g/mol. The van der Waals surface area contributed by atoms with Gasteiger partial charge in [0.25, 0.3) is 20.2 Å². The van der Waals surface area contributed by atoms with Crippen LogP contribution in [-0.4, -0.2) is 36.4 Å². The molecule has 9 heteroatoms. The number of hydrogen-bond donors (Lipinski definition) is 2. The van der Waals surface area contributed by atoms with Gasteiger partial charge in [-0.25, -0.2) is 0 Å². The lowest BCUT2D eigenvalue weighted by atomic mass is 10.6. The zero-order chi connectivity index (χ0) is 9.99. The van der Waals surface area contributed by atoms with Crippen LogP contribution in [-0.2, 0) is 20.2 Å². The summed E-state index contributed by atoms with van der Waals surface area (Å²) in [6, 6.07) is 0. The molecule has 0 aliphatic carbocycles. The van der Waals surface area contributed by atoms with E-state index in [9.17, 15) is 16.8 Å². The minimum absolute atomic E-state index is 0.301. The first kappa shape index (κ1) is 12.1. The number of halogens is 1. The number of alkyl halides is 1. The highest BCUT2D eigenvalue weighted by Gasteiger charge is 2.34. The van der Waals surface area contributed by atoms with Crippen molar-refractivity contribution in [2.24, 2.45) is 0 Å². The maximum atomic E-state index is 10.3. The lowest BCUT2D eigenvalue weighted by molar-refractivity contribution is 0.453. The van der Waals surface area contributed by atoms with E-state index in [-0.39, 0.29) is 5.88 Å². The second-order valence-corrected chi connectivity index (χ2v) is 5.81. The van der Waals surface area contributed by atoms with Gasteiger partial charge in [-0.2, -0.15) is 16.8 Å². The molecule has 0 bridgehead atoms. The van der Waals surface area contributed by atoms with Crippen LogP contribution in [0.15, 0.2) is 0 Å². The van der Waals surface area contributed by atoms with E-state index in [0.717, 1.165) is 0 Å². The second-order valence-electron chi connectivity index (χ2n) is 1.94. The van der Waals surface area contributed by atoms with Crippen LogP contribution in [0.25, 0.3) is 0 Å². The summed E-state index contributed by atoms with van der Waals surface area (Å²) in [6.45, 7) is 0. The van der Waals surface area contributed by atoms with Crippen LogP contribution >= 0.6 is 11.6 Å². The van der Waals surface area contributed by atoms with Crippen molar-refractivity contribution in [2.75, 3.05) is 5.88 Å². The summed E-state index contributed by atoms with van der Waals surface area (Å²) in [5, 5.41) is 0. The van der Waals surface area contributed by atoms with Crippen molar-refractivity contribution in [3.8, 4) is 0 Å². The SMILES string of the molecule is O=S(=O)(O)C(CCCl)S(=O)(=O)O. The van der Waals surface area contributed by atoms with Crippen LogP contribution in [0.4, 0.5) is 0 Å². The molecule has 0 heterocycles. The van der Waals surface area contributed by atoms with Gasteiger partial charge in [0.1, 0.15) is 0 Å². The molecule has 0 radical (unpaired) electrons. The molecule has 6 nitrogen and oxygen atoms in total. The molecular formula is C3H7ClO6S2. The Bertz CT molecular complexity index is 296. The fourth-order valence-corrected chi connectivity index (χ4v) is 3.08. The van der Waals surface area contributed by atoms with Crippen molar-refractivity contribution in [2.45, 2.75) is 11.0 Å². The summed E-state index contributed by atoms with van der Waals surface area (Å²) in [4.78, 5) is 0. The molecule has 0 aromatic heterocycles. The van der Waals surface area contributed by atoms with E-state index in [1.165, 1.54) is 0 Å². The lowest BCUT2D eigenvalue weighted by Gasteiger charge is -2.07. The van der Waals surface area contributed by atoms with Crippen LogP contribution in [0, 0.1) is 0 Å². The van der Waals surface area contributed by atoms with Crippen LogP contribution < -0.4 is 0 Å². The van der Waals surface area contributed by atoms with Crippen molar-refractivity contribution in [1.29, 1.82) is 0 Å². The first-order chi connectivity index (χ1) is 5.19. The number of hydrogen-bond acceptors (Lipinski definition) is 4. The fourth-order valence-electron chi connectivity index (χ4n) is 0.541. The highest BCUT2D eigenvalue weighted by Crippen LogP contribution is 2.11. The topological polar surface area (TPSA) is 109 Å². The minimum Gasteiger partial charge on any atom is -0.284 e. The molecule has 12 heavy (non-hydrogen) atoms. The van der Waals surface area contributed by atoms with Crippen molar-refractivity contribution < 1.29 is 25.9 Å². The normalized spacial score (nSPS) is 13.7. The zero-order valence-corrected chi connectivity index (χ0v) is 8.10. The van der Waals surface area contributed by atoms with Gasteiger partial charge < -0.3 is 0 Å². The Balaban J connectivity index is 4.97. The van der Waals surface area contributed by atoms with Gasteiger partial charge >= 0.3 is 0 Å². The number of rotatable bonds is 4. The van der Waals surface area contributed by atoms with Crippen molar-refractivity contribution in [3.05, 3.63) is 0 Å². The molecule has 0 saturated carbocycles. The minimum atomic E-state index is -4.81. The summed E-state index contributed by atoms with van der Waals surface area (Å²) in [7, 11) is -9.61. The second kappa shape index (κ2) is 3.88. The first-order valence-corrected chi connectivity index (χ1v) is 6.22. The van der Waals surface area contributed by atoms with Gasteiger partial charge in [-0.05, 0) is 6.42 Å². The summed E-state index contributed by atoms with van der Waals surface area (Å²) in [6.07, 6.45) is -0.556. The molecule has 0 rings (SSSR count). The average molecular weight is 239 g/mol. The molecule has 2 N–H and O–H groups in total. The zero-order valence-electron chi connectivity index (χ0n) is 5.71. The molecule has 0 aromatic carbocycles. The Morgan fingerprint density at radius 1 is 1.08 bits per heavy atom. The van der Waals surface area contributed by atoms with E-state index in [4.69, 9.17) is 20.7 Å². The Kier molecular flexibility index (Phi) is 3.91. The van der Waals surface area contributed by atoms with E-state index in [0.29, 0.717) is 0 Å². The molecule has 0 aliphatic heterocycles. The van der Waals surface area contributed by atoms with Crippen molar-refractivity contribution in [3.63, 3.8) is 0 Å². The van der Waals surface area contributed by atoms with E-state index >= 15 is 0 Å². The third kappa shape index (κ3) is 3.68. The Morgan fingerprint density at radius 3 is 1.50 bits per heavy atom. The van der Waals surface area contributed by atoms with Crippen molar-refractivity contribution in [1.82, 2.24) is 0 Å². The predicted octanol–water partition coefficient (Wildman–Crippen LogP) is -0.283.